The minimum atomic E-state index is -5.10. The second-order valence-corrected chi connectivity index (χ2v) is 4.30. The second-order valence-electron chi connectivity index (χ2n) is 4.30. The molecule has 0 heterocycles. The van der Waals surface area contributed by atoms with Crippen molar-refractivity contribution in [3.05, 3.63) is 34.9 Å². The quantitative estimate of drug-likeness (QED) is 0.293. The Morgan fingerprint density at radius 3 is 2.14 bits per heavy atom. The zero-order valence-electron chi connectivity index (χ0n) is 11.0. The molecule has 10 heteroatoms. The van der Waals surface area contributed by atoms with Crippen LogP contribution in [0.4, 0.5) is 26.3 Å². The molecule has 0 aliphatic heterocycles. The number of rotatable bonds is 4. The van der Waals surface area contributed by atoms with Crippen LogP contribution < -0.4 is 11.3 Å². The van der Waals surface area contributed by atoms with E-state index in [1.807, 2.05) is 0 Å². The normalized spacial score (nSPS) is 13.6. The topological polar surface area (TPSA) is 72.2 Å². The lowest BCUT2D eigenvalue weighted by Gasteiger charge is -2.18. The monoisotopic (exact) mass is 328 g/mol. The molecule has 1 unspecified atom stereocenters. The van der Waals surface area contributed by atoms with Crippen molar-refractivity contribution in [2.24, 2.45) is 5.84 Å². The molecule has 3 N–H and O–H groups in total. The highest BCUT2D eigenvalue weighted by Crippen LogP contribution is 2.34. The first-order valence-electron chi connectivity index (χ1n) is 5.71. The van der Waals surface area contributed by atoms with Crippen LogP contribution in [0.3, 0.4) is 0 Å². The van der Waals surface area contributed by atoms with E-state index in [1.54, 1.807) is 0 Å². The number of halogens is 6. The van der Waals surface area contributed by atoms with Crippen molar-refractivity contribution in [1.29, 1.82) is 0 Å². The minimum absolute atomic E-state index is 0.0587. The standard InChI is InChI=1S/C12H10F6N2O2/c1-5(13)11(14,15)9(21)6-2-3-7(10(22)20-19)8(4-6)12(16,17)18/h2-5H,19H2,1H3,(H,20,22). The number of hydrazine groups is 1. The van der Waals surface area contributed by atoms with Gasteiger partial charge in [-0.1, -0.05) is 6.07 Å². The lowest BCUT2D eigenvalue weighted by atomic mass is 9.97. The van der Waals surface area contributed by atoms with Gasteiger partial charge in [-0.25, -0.2) is 10.2 Å². The summed E-state index contributed by atoms with van der Waals surface area (Å²) in [6.45, 7) is 0.402. The summed E-state index contributed by atoms with van der Waals surface area (Å²) >= 11 is 0. The van der Waals surface area contributed by atoms with E-state index >= 15 is 0 Å². The second kappa shape index (κ2) is 5.95. The number of nitrogens with one attached hydrogen (secondary N) is 1. The molecule has 0 saturated heterocycles. The maximum atomic E-state index is 13.3. The predicted octanol–water partition coefficient (Wildman–Crippen LogP) is 2.48. The Bertz CT molecular complexity index is 598. The molecule has 0 saturated carbocycles. The summed E-state index contributed by atoms with van der Waals surface area (Å²) in [5, 5.41) is 0. The Kier molecular flexibility index (Phi) is 4.86. The van der Waals surface area contributed by atoms with Crippen LogP contribution in [0.5, 0.6) is 0 Å². The molecule has 1 aromatic carbocycles. The number of alkyl halides is 6. The third kappa shape index (κ3) is 3.38. The maximum absolute atomic E-state index is 13.3. The summed E-state index contributed by atoms with van der Waals surface area (Å²) in [5.74, 6) is -3.21. The van der Waals surface area contributed by atoms with Gasteiger partial charge >= 0.3 is 12.1 Å². The molecule has 0 bridgehead atoms. The largest absolute Gasteiger partial charge is 0.417 e. The summed E-state index contributed by atoms with van der Waals surface area (Å²) < 4.78 is 77.8. The average molecular weight is 328 g/mol. The van der Waals surface area contributed by atoms with Crippen LogP contribution in [-0.2, 0) is 6.18 Å². The van der Waals surface area contributed by atoms with E-state index < -0.39 is 46.7 Å². The molecular formula is C12H10F6N2O2. The molecule has 0 aromatic heterocycles. The summed E-state index contributed by atoms with van der Waals surface area (Å²) in [5.41, 5.74) is -2.21. The van der Waals surface area contributed by atoms with Gasteiger partial charge < -0.3 is 0 Å². The SMILES string of the molecule is CC(F)C(F)(F)C(=O)c1ccc(C(=O)NN)c(C(F)(F)F)c1. The number of hydrogen-bond donors (Lipinski definition) is 2. The van der Waals surface area contributed by atoms with Gasteiger partial charge in [0.25, 0.3) is 5.91 Å². The highest BCUT2D eigenvalue weighted by atomic mass is 19.4. The van der Waals surface area contributed by atoms with Crippen LogP contribution in [0.25, 0.3) is 0 Å². The summed E-state index contributed by atoms with van der Waals surface area (Å²) in [7, 11) is 0. The Morgan fingerprint density at radius 2 is 1.73 bits per heavy atom. The number of carbonyl (C=O) groups excluding carboxylic acids is 2. The van der Waals surface area contributed by atoms with Gasteiger partial charge in [-0.05, 0) is 19.1 Å². The van der Waals surface area contributed by atoms with Crippen LogP contribution in [-0.4, -0.2) is 23.8 Å². The summed E-state index contributed by atoms with van der Waals surface area (Å²) in [4.78, 5) is 22.7. The smallest absolute Gasteiger partial charge is 0.290 e. The lowest BCUT2D eigenvalue weighted by Crippen LogP contribution is -2.37. The predicted molar refractivity (Wildman–Crippen MR) is 62.9 cm³/mol. The molecular weight excluding hydrogens is 318 g/mol. The number of ketones is 1. The van der Waals surface area contributed by atoms with Crippen molar-refractivity contribution in [1.82, 2.24) is 5.43 Å². The first-order valence-corrected chi connectivity index (χ1v) is 5.71. The van der Waals surface area contributed by atoms with Gasteiger partial charge in [0, 0.05) is 5.56 Å². The zero-order valence-corrected chi connectivity index (χ0v) is 11.0. The van der Waals surface area contributed by atoms with E-state index in [2.05, 4.69) is 0 Å². The Morgan fingerprint density at radius 1 is 1.18 bits per heavy atom. The van der Waals surface area contributed by atoms with E-state index in [0.717, 1.165) is 0 Å². The van der Waals surface area contributed by atoms with Crippen LogP contribution >= 0.6 is 0 Å². The lowest BCUT2D eigenvalue weighted by molar-refractivity contribution is -0.138. The van der Waals surface area contributed by atoms with Gasteiger partial charge in [0.1, 0.15) is 0 Å². The van der Waals surface area contributed by atoms with E-state index in [0.29, 0.717) is 19.1 Å². The molecule has 0 radical (unpaired) electrons. The van der Waals surface area contributed by atoms with Crippen molar-refractivity contribution in [2.75, 3.05) is 0 Å². The van der Waals surface area contributed by atoms with Crippen LogP contribution in [0, 0.1) is 0 Å². The maximum Gasteiger partial charge on any atom is 0.417 e. The minimum Gasteiger partial charge on any atom is -0.290 e. The van der Waals surface area contributed by atoms with E-state index in [9.17, 15) is 35.9 Å². The molecule has 22 heavy (non-hydrogen) atoms. The number of nitrogens with two attached hydrogens (primary N) is 1. The van der Waals surface area contributed by atoms with E-state index in [1.165, 1.54) is 5.43 Å². The molecule has 0 spiro atoms. The van der Waals surface area contributed by atoms with E-state index in [-0.39, 0.29) is 6.07 Å². The van der Waals surface area contributed by atoms with Crippen molar-refractivity contribution in [2.45, 2.75) is 25.2 Å². The molecule has 0 aliphatic carbocycles. The molecule has 0 fully saturated rings. The molecule has 122 valence electrons. The van der Waals surface area contributed by atoms with Crippen molar-refractivity contribution in [3.8, 4) is 0 Å². The number of nitrogen functional groups attached to an aromatic ring is 1. The molecule has 1 amide bonds. The number of benzene rings is 1. The van der Waals surface area contributed by atoms with Crippen molar-refractivity contribution in [3.63, 3.8) is 0 Å². The fourth-order valence-electron chi connectivity index (χ4n) is 1.57. The van der Waals surface area contributed by atoms with Crippen LogP contribution in [0.2, 0.25) is 0 Å². The van der Waals surface area contributed by atoms with Gasteiger partial charge in [0.2, 0.25) is 5.78 Å². The van der Waals surface area contributed by atoms with Gasteiger partial charge in [-0.3, -0.25) is 15.0 Å². The van der Waals surface area contributed by atoms with Gasteiger partial charge in [-0.2, -0.15) is 22.0 Å². The fourth-order valence-corrected chi connectivity index (χ4v) is 1.57. The molecule has 1 atom stereocenters. The third-order valence-corrected chi connectivity index (χ3v) is 2.77. The molecule has 1 rings (SSSR count). The zero-order chi connectivity index (χ0) is 17.3. The number of amides is 1. The van der Waals surface area contributed by atoms with Crippen LogP contribution in [0.1, 0.15) is 33.2 Å². The first kappa shape index (κ1) is 18.0. The Balaban J connectivity index is 3.44. The Labute approximate surface area is 120 Å². The van der Waals surface area contributed by atoms with Crippen LogP contribution in [0.15, 0.2) is 18.2 Å². The molecule has 4 nitrogen and oxygen atoms in total. The van der Waals surface area contributed by atoms with Crippen molar-refractivity contribution >= 4 is 11.7 Å². The number of Topliss-reactive ketones (excluding diaryl/α,β-unsaturated/α-hetero) is 1. The number of hydrogen-bond acceptors (Lipinski definition) is 3. The highest BCUT2D eigenvalue weighted by Gasteiger charge is 2.46. The van der Waals surface area contributed by atoms with Gasteiger partial charge in [-0.15, -0.1) is 0 Å². The number of carbonyl (C=O) groups is 2. The van der Waals surface area contributed by atoms with Crippen molar-refractivity contribution < 1.29 is 35.9 Å². The Hall–Kier alpha value is -2.10. The van der Waals surface area contributed by atoms with Gasteiger partial charge in [0.15, 0.2) is 6.17 Å². The van der Waals surface area contributed by atoms with E-state index in [4.69, 9.17) is 5.84 Å². The summed E-state index contributed by atoms with van der Waals surface area (Å²) in [6, 6.07) is 1.14. The highest BCUT2D eigenvalue weighted by molar-refractivity contribution is 6.03. The first-order chi connectivity index (χ1) is 9.92. The fraction of sp³-hybridized carbons (Fsp3) is 0.333. The molecule has 0 aliphatic rings. The average Bonchev–Trinajstić information content (AvgIpc) is 2.43. The molecule has 1 aromatic rings. The third-order valence-electron chi connectivity index (χ3n) is 2.77. The van der Waals surface area contributed by atoms with Gasteiger partial charge in [0.05, 0.1) is 11.1 Å². The summed E-state index contributed by atoms with van der Waals surface area (Å²) in [6.07, 6.45) is -7.99.